The second-order valence-corrected chi connectivity index (χ2v) is 4.67. The molecule has 1 rings (SSSR count). The van der Waals surface area contributed by atoms with Crippen molar-refractivity contribution in [1.82, 2.24) is 0 Å². The van der Waals surface area contributed by atoms with E-state index >= 15 is 0 Å². The lowest BCUT2D eigenvalue weighted by atomic mass is 10.1. The summed E-state index contributed by atoms with van der Waals surface area (Å²) in [6.45, 7) is 7.83. The molecule has 0 saturated carbocycles. The zero-order valence-corrected chi connectivity index (χ0v) is 11.2. The van der Waals surface area contributed by atoms with Crippen LogP contribution in [0.3, 0.4) is 0 Å². The summed E-state index contributed by atoms with van der Waals surface area (Å²) in [7, 11) is 0. The third kappa shape index (κ3) is 4.61. The molecule has 1 aromatic carbocycles. The summed E-state index contributed by atoms with van der Waals surface area (Å²) < 4.78 is 0. The minimum absolute atomic E-state index is 0.112. The van der Waals surface area contributed by atoms with E-state index in [1.807, 2.05) is 13.0 Å². The molecule has 5 heteroatoms. The average Bonchev–Trinajstić information content (AvgIpc) is 2.28. The molecule has 0 aromatic heterocycles. The van der Waals surface area contributed by atoms with E-state index in [-0.39, 0.29) is 10.6 Å². The van der Waals surface area contributed by atoms with Crippen LogP contribution in [0.1, 0.15) is 27.2 Å². The molecule has 18 heavy (non-hydrogen) atoms. The molecule has 0 saturated heterocycles. The summed E-state index contributed by atoms with van der Waals surface area (Å²) in [6, 6.07) is 5.02. The maximum atomic E-state index is 10.8. The third-order valence-electron chi connectivity index (χ3n) is 2.56. The molecule has 1 aromatic rings. The molecule has 0 fully saturated rings. The predicted molar refractivity (Wildman–Crippen MR) is 75.2 cm³/mol. The Morgan fingerprint density at radius 1 is 1.22 bits per heavy atom. The number of nitrogens with zero attached hydrogens (tertiary/aromatic N) is 1. The van der Waals surface area contributed by atoms with Crippen molar-refractivity contribution in [2.75, 3.05) is 23.7 Å². The van der Waals surface area contributed by atoms with Crippen molar-refractivity contribution in [3.63, 3.8) is 0 Å². The maximum absolute atomic E-state index is 10.8. The molecule has 0 heterocycles. The first-order chi connectivity index (χ1) is 8.52. The summed E-state index contributed by atoms with van der Waals surface area (Å²) >= 11 is 0. The molecule has 0 amide bonds. The Morgan fingerprint density at radius 2 is 1.83 bits per heavy atom. The van der Waals surface area contributed by atoms with Gasteiger partial charge in [0.05, 0.1) is 4.92 Å². The van der Waals surface area contributed by atoms with E-state index in [4.69, 9.17) is 0 Å². The number of benzene rings is 1. The van der Waals surface area contributed by atoms with Crippen LogP contribution in [-0.4, -0.2) is 18.0 Å². The van der Waals surface area contributed by atoms with Gasteiger partial charge in [-0.05, 0) is 25.3 Å². The highest BCUT2D eigenvalue weighted by molar-refractivity contribution is 5.63. The van der Waals surface area contributed by atoms with Crippen molar-refractivity contribution in [2.45, 2.75) is 27.2 Å². The van der Waals surface area contributed by atoms with Gasteiger partial charge in [-0.3, -0.25) is 10.1 Å². The van der Waals surface area contributed by atoms with Gasteiger partial charge in [0, 0.05) is 36.6 Å². The molecule has 0 spiro atoms. The van der Waals surface area contributed by atoms with E-state index in [0.717, 1.165) is 30.9 Å². The topological polar surface area (TPSA) is 67.2 Å². The van der Waals surface area contributed by atoms with E-state index in [0.29, 0.717) is 5.92 Å². The molecule has 5 nitrogen and oxygen atoms in total. The Balaban J connectivity index is 2.79. The van der Waals surface area contributed by atoms with Gasteiger partial charge in [0.25, 0.3) is 5.69 Å². The van der Waals surface area contributed by atoms with Gasteiger partial charge in [-0.2, -0.15) is 0 Å². The molecule has 100 valence electrons. The molecule has 0 aliphatic rings. The lowest BCUT2D eigenvalue weighted by Crippen LogP contribution is -2.06. The van der Waals surface area contributed by atoms with Crippen molar-refractivity contribution in [3.8, 4) is 0 Å². The highest BCUT2D eigenvalue weighted by atomic mass is 16.6. The zero-order valence-electron chi connectivity index (χ0n) is 11.2. The first-order valence-corrected chi connectivity index (χ1v) is 6.30. The Labute approximate surface area is 108 Å². The Hall–Kier alpha value is -1.78. The van der Waals surface area contributed by atoms with E-state index in [1.165, 1.54) is 0 Å². The summed E-state index contributed by atoms with van der Waals surface area (Å²) in [5.74, 6) is 0.615. The summed E-state index contributed by atoms with van der Waals surface area (Å²) in [6.07, 6.45) is 1.04. The number of hydrogen-bond donors (Lipinski definition) is 2. The van der Waals surface area contributed by atoms with Gasteiger partial charge in [0.2, 0.25) is 0 Å². The van der Waals surface area contributed by atoms with Gasteiger partial charge in [-0.15, -0.1) is 0 Å². The Kier molecular flexibility index (Phi) is 5.42. The minimum atomic E-state index is -0.367. The van der Waals surface area contributed by atoms with Crippen LogP contribution < -0.4 is 10.6 Å². The van der Waals surface area contributed by atoms with Gasteiger partial charge in [-0.25, -0.2) is 0 Å². The van der Waals surface area contributed by atoms with Crippen LogP contribution in [-0.2, 0) is 0 Å². The third-order valence-corrected chi connectivity index (χ3v) is 2.56. The molecule has 2 N–H and O–H groups in total. The predicted octanol–water partition coefficient (Wildman–Crippen LogP) is 3.48. The highest BCUT2D eigenvalue weighted by Gasteiger charge is 2.09. The highest BCUT2D eigenvalue weighted by Crippen LogP contribution is 2.24. The van der Waals surface area contributed by atoms with Crippen molar-refractivity contribution in [1.29, 1.82) is 0 Å². The molecular weight excluding hydrogens is 230 g/mol. The fourth-order valence-electron chi connectivity index (χ4n) is 1.63. The number of rotatable bonds is 7. The van der Waals surface area contributed by atoms with E-state index in [9.17, 15) is 10.1 Å². The SMILES string of the molecule is CCNc1cc(NCCC(C)C)cc([N+](=O)[O-])c1. The van der Waals surface area contributed by atoms with Gasteiger partial charge in [0.1, 0.15) is 0 Å². The molecule has 0 aliphatic heterocycles. The first-order valence-electron chi connectivity index (χ1n) is 6.30. The van der Waals surface area contributed by atoms with Crippen LogP contribution in [0.25, 0.3) is 0 Å². The van der Waals surface area contributed by atoms with Crippen LogP contribution in [0, 0.1) is 16.0 Å². The normalized spacial score (nSPS) is 10.4. The van der Waals surface area contributed by atoms with Crippen LogP contribution >= 0.6 is 0 Å². The Bertz CT molecular complexity index is 405. The van der Waals surface area contributed by atoms with E-state index in [2.05, 4.69) is 24.5 Å². The summed E-state index contributed by atoms with van der Waals surface area (Å²) in [5, 5.41) is 17.2. The standard InChI is InChI=1S/C13H21N3O2/c1-4-14-11-7-12(15-6-5-10(2)3)9-13(8-11)16(17)18/h7-10,14-15H,4-6H2,1-3H3. The fourth-order valence-corrected chi connectivity index (χ4v) is 1.63. The quantitative estimate of drug-likeness (QED) is 0.575. The smallest absolute Gasteiger partial charge is 0.273 e. The van der Waals surface area contributed by atoms with E-state index in [1.54, 1.807) is 12.1 Å². The number of nitrogens with one attached hydrogen (secondary N) is 2. The zero-order chi connectivity index (χ0) is 13.5. The monoisotopic (exact) mass is 251 g/mol. The summed E-state index contributed by atoms with van der Waals surface area (Å²) in [4.78, 5) is 10.5. The number of non-ortho nitro benzene ring substituents is 1. The molecular formula is C13H21N3O2. The minimum Gasteiger partial charge on any atom is -0.385 e. The van der Waals surface area contributed by atoms with Gasteiger partial charge in [0.15, 0.2) is 0 Å². The van der Waals surface area contributed by atoms with Crippen molar-refractivity contribution in [2.24, 2.45) is 5.92 Å². The number of nitro benzene ring substituents is 1. The van der Waals surface area contributed by atoms with Gasteiger partial charge in [-0.1, -0.05) is 13.8 Å². The van der Waals surface area contributed by atoms with Gasteiger partial charge >= 0.3 is 0 Å². The van der Waals surface area contributed by atoms with E-state index < -0.39 is 0 Å². The number of nitro groups is 1. The molecule has 0 atom stereocenters. The molecule has 0 radical (unpaired) electrons. The van der Waals surface area contributed by atoms with Crippen LogP contribution in [0.4, 0.5) is 17.1 Å². The number of anilines is 2. The molecule has 0 unspecified atom stereocenters. The molecule has 0 aliphatic carbocycles. The van der Waals surface area contributed by atoms with Gasteiger partial charge < -0.3 is 10.6 Å². The second-order valence-electron chi connectivity index (χ2n) is 4.67. The lowest BCUT2D eigenvalue weighted by molar-refractivity contribution is -0.384. The second kappa shape index (κ2) is 6.83. The largest absolute Gasteiger partial charge is 0.385 e. The maximum Gasteiger partial charge on any atom is 0.273 e. The average molecular weight is 251 g/mol. The molecule has 0 bridgehead atoms. The van der Waals surface area contributed by atoms with Crippen LogP contribution in [0.5, 0.6) is 0 Å². The Morgan fingerprint density at radius 3 is 2.33 bits per heavy atom. The fraction of sp³-hybridized carbons (Fsp3) is 0.538. The van der Waals surface area contributed by atoms with Crippen molar-refractivity contribution >= 4 is 17.1 Å². The van der Waals surface area contributed by atoms with Crippen molar-refractivity contribution < 1.29 is 4.92 Å². The lowest BCUT2D eigenvalue weighted by Gasteiger charge is -2.10. The number of hydrogen-bond acceptors (Lipinski definition) is 4. The van der Waals surface area contributed by atoms with Crippen LogP contribution in [0.15, 0.2) is 18.2 Å². The summed E-state index contributed by atoms with van der Waals surface area (Å²) in [5.41, 5.74) is 1.68. The first kappa shape index (κ1) is 14.3. The van der Waals surface area contributed by atoms with Crippen molar-refractivity contribution in [3.05, 3.63) is 28.3 Å². The van der Waals surface area contributed by atoms with Crippen LogP contribution in [0.2, 0.25) is 0 Å².